The third-order valence-electron chi connectivity index (χ3n) is 1.87. The third kappa shape index (κ3) is 4.48. The lowest BCUT2D eigenvalue weighted by Gasteiger charge is -2.19. The molecule has 0 aliphatic heterocycles. The van der Waals surface area contributed by atoms with Gasteiger partial charge in [-0.05, 0) is 32.9 Å². The average molecular weight is 243 g/mol. The topological polar surface area (TPSA) is 38.3 Å². The monoisotopic (exact) mass is 243 g/mol. The van der Waals surface area contributed by atoms with E-state index in [-0.39, 0.29) is 5.56 Å². The van der Waals surface area contributed by atoms with Gasteiger partial charge >= 0.3 is 0 Å². The molecule has 0 unspecified atom stereocenters. The van der Waals surface area contributed by atoms with Gasteiger partial charge in [0.2, 0.25) is 5.91 Å². The standard InChI is InChI=1S/C12H15F2NO2/c1-12(2,3)17-15-11(16)7-8-9(13)5-4-6-10(8)14/h4-6H,7H2,1-3H3,(H,15,16). The van der Waals surface area contributed by atoms with E-state index in [9.17, 15) is 13.6 Å². The number of nitrogens with one attached hydrogen (secondary N) is 1. The van der Waals surface area contributed by atoms with Crippen LogP contribution in [0.5, 0.6) is 0 Å². The molecule has 0 aliphatic rings. The van der Waals surface area contributed by atoms with Crippen molar-refractivity contribution < 1.29 is 18.4 Å². The van der Waals surface area contributed by atoms with Crippen molar-refractivity contribution in [3.05, 3.63) is 35.4 Å². The van der Waals surface area contributed by atoms with Gasteiger partial charge in [-0.3, -0.25) is 9.63 Å². The van der Waals surface area contributed by atoms with Crippen molar-refractivity contribution in [2.24, 2.45) is 0 Å². The van der Waals surface area contributed by atoms with E-state index in [0.29, 0.717) is 0 Å². The Morgan fingerprint density at radius 1 is 1.29 bits per heavy atom. The van der Waals surface area contributed by atoms with Crippen LogP contribution in [-0.4, -0.2) is 11.5 Å². The van der Waals surface area contributed by atoms with Gasteiger partial charge in [-0.1, -0.05) is 6.07 Å². The number of carbonyl (C=O) groups is 1. The molecule has 1 aromatic rings. The Morgan fingerprint density at radius 3 is 2.29 bits per heavy atom. The predicted octanol–water partition coefficient (Wildman–Crippen LogP) is 2.35. The van der Waals surface area contributed by atoms with E-state index < -0.39 is 29.6 Å². The Bertz CT molecular complexity index is 393. The highest BCUT2D eigenvalue weighted by atomic mass is 19.1. The highest BCUT2D eigenvalue weighted by Gasteiger charge is 2.16. The first-order valence-electron chi connectivity index (χ1n) is 5.19. The van der Waals surface area contributed by atoms with Gasteiger partial charge in [-0.2, -0.15) is 0 Å². The minimum Gasteiger partial charge on any atom is -0.272 e. The second-order valence-corrected chi connectivity index (χ2v) is 4.62. The van der Waals surface area contributed by atoms with Crippen molar-refractivity contribution in [3.63, 3.8) is 0 Å². The number of hydrogen-bond donors (Lipinski definition) is 1. The molecule has 1 amide bonds. The number of rotatable bonds is 3. The lowest BCUT2D eigenvalue weighted by atomic mass is 10.1. The summed E-state index contributed by atoms with van der Waals surface area (Å²) < 4.78 is 26.4. The average Bonchev–Trinajstić information content (AvgIpc) is 2.20. The molecule has 0 radical (unpaired) electrons. The Labute approximate surface area is 98.7 Å². The summed E-state index contributed by atoms with van der Waals surface area (Å²) in [5.74, 6) is -2.07. The number of halogens is 2. The van der Waals surface area contributed by atoms with E-state index in [1.54, 1.807) is 20.8 Å². The molecule has 1 N–H and O–H groups in total. The smallest absolute Gasteiger partial charge is 0.248 e. The maximum Gasteiger partial charge on any atom is 0.248 e. The van der Waals surface area contributed by atoms with Crippen LogP contribution in [0.2, 0.25) is 0 Å². The van der Waals surface area contributed by atoms with Gasteiger partial charge < -0.3 is 0 Å². The molecule has 0 saturated carbocycles. The van der Waals surface area contributed by atoms with Crippen molar-refractivity contribution in [1.82, 2.24) is 5.48 Å². The highest BCUT2D eigenvalue weighted by molar-refractivity contribution is 5.77. The molecular weight excluding hydrogens is 228 g/mol. The molecule has 1 rings (SSSR count). The first-order valence-corrected chi connectivity index (χ1v) is 5.19. The van der Waals surface area contributed by atoms with Crippen LogP contribution in [0.25, 0.3) is 0 Å². The fourth-order valence-electron chi connectivity index (χ4n) is 1.11. The second-order valence-electron chi connectivity index (χ2n) is 4.62. The first kappa shape index (κ1) is 13.6. The molecule has 17 heavy (non-hydrogen) atoms. The number of carbonyl (C=O) groups excluding carboxylic acids is 1. The third-order valence-corrected chi connectivity index (χ3v) is 1.87. The van der Waals surface area contributed by atoms with Crippen molar-refractivity contribution in [2.75, 3.05) is 0 Å². The molecule has 0 bridgehead atoms. The van der Waals surface area contributed by atoms with Gasteiger partial charge in [0.1, 0.15) is 11.6 Å². The normalized spacial score (nSPS) is 11.4. The second kappa shape index (κ2) is 5.23. The summed E-state index contributed by atoms with van der Waals surface area (Å²) in [5.41, 5.74) is 1.34. The zero-order valence-electron chi connectivity index (χ0n) is 10.0. The van der Waals surface area contributed by atoms with Gasteiger partial charge in [0.05, 0.1) is 12.0 Å². The summed E-state index contributed by atoms with van der Waals surface area (Å²) in [5, 5.41) is 0. The summed E-state index contributed by atoms with van der Waals surface area (Å²) in [7, 11) is 0. The Balaban J connectivity index is 2.63. The van der Waals surface area contributed by atoms with Crippen molar-refractivity contribution in [2.45, 2.75) is 32.8 Å². The van der Waals surface area contributed by atoms with Crippen LogP contribution in [0.3, 0.4) is 0 Å². The lowest BCUT2D eigenvalue weighted by molar-refractivity contribution is -0.144. The predicted molar refractivity (Wildman–Crippen MR) is 59.0 cm³/mol. The van der Waals surface area contributed by atoms with Crippen LogP contribution in [0.15, 0.2) is 18.2 Å². The molecule has 0 fully saturated rings. The molecule has 0 saturated heterocycles. The van der Waals surface area contributed by atoms with E-state index in [1.807, 2.05) is 0 Å². The zero-order valence-corrected chi connectivity index (χ0v) is 10.0. The molecule has 0 aromatic heterocycles. The first-order chi connectivity index (χ1) is 7.79. The summed E-state index contributed by atoms with van der Waals surface area (Å²) in [4.78, 5) is 16.4. The largest absolute Gasteiger partial charge is 0.272 e. The Morgan fingerprint density at radius 2 is 1.82 bits per heavy atom. The molecular formula is C12H15F2NO2. The molecule has 0 aliphatic carbocycles. The van der Waals surface area contributed by atoms with Crippen molar-refractivity contribution in [1.29, 1.82) is 0 Å². The Kier molecular flexibility index (Phi) is 4.17. The van der Waals surface area contributed by atoms with E-state index in [1.165, 1.54) is 6.07 Å². The molecule has 5 heteroatoms. The number of hydroxylamine groups is 1. The van der Waals surface area contributed by atoms with Gasteiger partial charge in [0.15, 0.2) is 0 Å². The molecule has 0 atom stereocenters. The zero-order chi connectivity index (χ0) is 13.1. The summed E-state index contributed by atoms with van der Waals surface area (Å²) in [6.07, 6.45) is -0.394. The van der Waals surface area contributed by atoms with E-state index in [2.05, 4.69) is 5.48 Å². The quantitative estimate of drug-likeness (QED) is 0.827. The molecule has 94 valence electrons. The summed E-state index contributed by atoms with van der Waals surface area (Å²) in [6.45, 7) is 5.24. The van der Waals surface area contributed by atoms with Gasteiger partial charge in [-0.15, -0.1) is 0 Å². The molecule has 0 heterocycles. The van der Waals surface area contributed by atoms with Gasteiger partial charge in [0.25, 0.3) is 0 Å². The van der Waals surface area contributed by atoms with Crippen LogP contribution >= 0.6 is 0 Å². The highest BCUT2D eigenvalue weighted by Crippen LogP contribution is 2.12. The van der Waals surface area contributed by atoms with Crippen LogP contribution in [0.4, 0.5) is 8.78 Å². The lowest BCUT2D eigenvalue weighted by Crippen LogP contribution is -2.34. The van der Waals surface area contributed by atoms with E-state index in [0.717, 1.165) is 12.1 Å². The molecule has 3 nitrogen and oxygen atoms in total. The number of hydrogen-bond acceptors (Lipinski definition) is 2. The Hall–Kier alpha value is -1.49. The van der Waals surface area contributed by atoms with Gasteiger partial charge in [-0.25, -0.2) is 14.3 Å². The van der Waals surface area contributed by atoms with Crippen LogP contribution < -0.4 is 5.48 Å². The maximum atomic E-state index is 13.2. The van der Waals surface area contributed by atoms with Crippen LogP contribution in [0, 0.1) is 11.6 Å². The number of benzene rings is 1. The molecule has 0 spiro atoms. The summed E-state index contributed by atoms with van der Waals surface area (Å²) in [6, 6.07) is 3.46. The minimum absolute atomic E-state index is 0.262. The van der Waals surface area contributed by atoms with E-state index in [4.69, 9.17) is 4.84 Å². The van der Waals surface area contributed by atoms with Crippen molar-refractivity contribution in [3.8, 4) is 0 Å². The molecule has 1 aromatic carbocycles. The number of amides is 1. The van der Waals surface area contributed by atoms with Crippen LogP contribution in [-0.2, 0) is 16.1 Å². The minimum atomic E-state index is -0.740. The van der Waals surface area contributed by atoms with Crippen LogP contribution in [0.1, 0.15) is 26.3 Å². The fourth-order valence-corrected chi connectivity index (χ4v) is 1.11. The fraction of sp³-hybridized carbons (Fsp3) is 0.417. The van der Waals surface area contributed by atoms with Gasteiger partial charge in [0, 0.05) is 5.56 Å². The van der Waals surface area contributed by atoms with E-state index >= 15 is 0 Å². The summed E-state index contributed by atoms with van der Waals surface area (Å²) >= 11 is 0. The maximum absolute atomic E-state index is 13.2. The SMILES string of the molecule is CC(C)(C)ONC(=O)Cc1c(F)cccc1F. The van der Waals surface area contributed by atoms with Crippen molar-refractivity contribution >= 4 is 5.91 Å².